The van der Waals surface area contributed by atoms with E-state index in [-0.39, 0.29) is 5.41 Å². The standard InChI is InChI=1S/C14H26/c1-9-11(4)14(7,8)13(6)12(5)10(2)3/h9-10H,1-8H3/b11-9+,13-12+. The fourth-order valence-corrected chi connectivity index (χ4v) is 1.58. The van der Waals surface area contributed by atoms with Crippen LogP contribution in [0.2, 0.25) is 0 Å². The lowest BCUT2D eigenvalue weighted by molar-refractivity contribution is 0.520. The average Bonchev–Trinajstić information content (AvgIpc) is 2.13. The Bertz CT molecular complexity index is 249. The molecule has 0 saturated heterocycles. The average molecular weight is 194 g/mol. The summed E-state index contributed by atoms with van der Waals surface area (Å²) in [5.41, 5.74) is 4.71. The van der Waals surface area contributed by atoms with Gasteiger partial charge >= 0.3 is 0 Å². The maximum absolute atomic E-state index is 2.31. The molecule has 0 spiro atoms. The van der Waals surface area contributed by atoms with Gasteiger partial charge in [0.25, 0.3) is 0 Å². The van der Waals surface area contributed by atoms with Crippen molar-refractivity contribution in [3.63, 3.8) is 0 Å². The van der Waals surface area contributed by atoms with Crippen molar-refractivity contribution in [3.8, 4) is 0 Å². The monoisotopic (exact) mass is 194 g/mol. The van der Waals surface area contributed by atoms with Gasteiger partial charge in [0.05, 0.1) is 0 Å². The van der Waals surface area contributed by atoms with Crippen LogP contribution < -0.4 is 0 Å². The van der Waals surface area contributed by atoms with Gasteiger partial charge in [-0.1, -0.05) is 50.5 Å². The van der Waals surface area contributed by atoms with E-state index in [9.17, 15) is 0 Å². The van der Waals surface area contributed by atoms with E-state index >= 15 is 0 Å². The van der Waals surface area contributed by atoms with Crippen molar-refractivity contribution in [1.82, 2.24) is 0 Å². The van der Waals surface area contributed by atoms with Gasteiger partial charge in [-0.2, -0.15) is 0 Å². The highest BCUT2D eigenvalue weighted by atomic mass is 14.3. The second-order valence-corrected chi connectivity index (χ2v) is 5.06. The summed E-state index contributed by atoms with van der Waals surface area (Å²) >= 11 is 0. The highest BCUT2D eigenvalue weighted by Gasteiger charge is 2.23. The van der Waals surface area contributed by atoms with Gasteiger partial charge < -0.3 is 0 Å². The van der Waals surface area contributed by atoms with Crippen molar-refractivity contribution in [2.45, 2.75) is 55.4 Å². The summed E-state index contributed by atoms with van der Waals surface area (Å²) in [6.07, 6.45) is 2.22. The minimum Gasteiger partial charge on any atom is -0.0879 e. The number of allylic oxidation sites excluding steroid dienone is 4. The SMILES string of the molecule is C/C=C(\C)C(C)(C)/C(C)=C(\C)C(C)C. The molecule has 0 aromatic heterocycles. The third kappa shape index (κ3) is 2.73. The van der Waals surface area contributed by atoms with Gasteiger partial charge in [0.2, 0.25) is 0 Å². The van der Waals surface area contributed by atoms with Gasteiger partial charge in [-0.05, 0) is 33.6 Å². The molecule has 0 rings (SSSR count). The first-order valence-electron chi connectivity index (χ1n) is 5.56. The first-order valence-corrected chi connectivity index (χ1v) is 5.56. The van der Waals surface area contributed by atoms with E-state index < -0.39 is 0 Å². The summed E-state index contributed by atoms with van der Waals surface area (Å²) < 4.78 is 0. The topological polar surface area (TPSA) is 0 Å². The molecule has 0 heterocycles. The van der Waals surface area contributed by atoms with Crippen molar-refractivity contribution in [2.24, 2.45) is 11.3 Å². The van der Waals surface area contributed by atoms with Gasteiger partial charge in [0.1, 0.15) is 0 Å². The summed E-state index contributed by atoms with van der Waals surface area (Å²) in [5, 5.41) is 0. The molecule has 0 N–H and O–H groups in total. The van der Waals surface area contributed by atoms with E-state index in [1.807, 2.05) is 0 Å². The molecular formula is C14H26. The first kappa shape index (κ1) is 13.5. The summed E-state index contributed by atoms with van der Waals surface area (Å²) in [6.45, 7) is 18.0. The largest absolute Gasteiger partial charge is 0.0879 e. The Labute approximate surface area is 90.1 Å². The minimum atomic E-state index is 0.211. The predicted octanol–water partition coefficient (Wildman–Crippen LogP) is 4.97. The van der Waals surface area contributed by atoms with E-state index in [4.69, 9.17) is 0 Å². The number of hydrogen-bond donors (Lipinski definition) is 0. The van der Waals surface area contributed by atoms with Crippen LogP contribution in [0.4, 0.5) is 0 Å². The highest BCUT2D eigenvalue weighted by Crippen LogP contribution is 2.37. The Morgan fingerprint density at radius 1 is 1.07 bits per heavy atom. The van der Waals surface area contributed by atoms with E-state index in [2.05, 4.69) is 61.5 Å². The Hall–Kier alpha value is -0.520. The smallest absolute Gasteiger partial charge is 0.00610 e. The zero-order chi connectivity index (χ0) is 11.5. The Kier molecular flexibility index (Phi) is 4.64. The molecular weight excluding hydrogens is 168 g/mol. The number of hydrogen-bond acceptors (Lipinski definition) is 0. The molecule has 82 valence electrons. The maximum atomic E-state index is 2.31. The van der Waals surface area contributed by atoms with Crippen LogP contribution in [-0.4, -0.2) is 0 Å². The molecule has 0 nitrogen and oxygen atoms in total. The van der Waals surface area contributed by atoms with Crippen LogP contribution in [-0.2, 0) is 0 Å². The van der Waals surface area contributed by atoms with E-state index in [0.717, 1.165) is 0 Å². The second-order valence-electron chi connectivity index (χ2n) is 5.06. The number of rotatable bonds is 3. The predicted molar refractivity (Wildman–Crippen MR) is 66.4 cm³/mol. The fraction of sp³-hybridized carbons (Fsp3) is 0.714. The molecule has 14 heavy (non-hydrogen) atoms. The van der Waals surface area contributed by atoms with Crippen molar-refractivity contribution >= 4 is 0 Å². The lowest BCUT2D eigenvalue weighted by Gasteiger charge is -2.30. The zero-order valence-electron chi connectivity index (χ0n) is 11.2. The molecule has 0 atom stereocenters. The fourth-order valence-electron chi connectivity index (χ4n) is 1.58. The molecule has 0 unspecified atom stereocenters. The van der Waals surface area contributed by atoms with E-state index in [1.54, 1.807) is 0 Å². The van der Waals surface area contributed by atoms with Gasteiger partial charge in [-0.25, -0.2) is 0 Å². The third-order valence-electron chi connectivity index (χ3n) is 3.81. The van der Waals surface area contributed by atoms with Gasteiger partial charge in [-0.15, -0.1) is 0 Å². The van der Waals surface area contributed by atoms with E-state index in [0.29, 0.717) is 5.92 Å². The van der Waals surface area contributed by atoms with Crippen LogP contribution in [0.3, 0.4) is 0 Å². The Balaban J connectivity index is 5.21. The molecule has 0 aromatic carbocycles. The molecule has 0 aliphatic carbocycles. The van der Waals surface area contributed by atoms with Crippen molar-refractivity contribution in [2.75, 3.05) is 0 Å². The molecule has 0 aliphatic rings. The molecule has 0 bridgehead atoms. The lowest BCUT2D eigenvalue weighted by atomic mass is 9.75. The van der Waals surface area contributed by atoms with E-state index in [1.165, 1.54) is 16.7 Å². The molecule has 0 aliphatic heterocycles. The first-order chi connectivity index (χ1) is 6.25. The van der Waals surface area contributed by atoms with Crippen molar-refractivity contribution in [3.05, 3.63) is 22.8 Å². The molecule has 0 radical (unpaired) electrons. The van der Waals surface area contributed by atoms with Crippen LogP contribution in [0.5, 0.6) is 0 Å². The third-order valence-corrected chi connectivity index (χ3v) is 3.81. The van der Waals surface area contributed by atoms with Gasteiger partial charge in [0.15, 0.2) is 0 Å². The summed E-state index contributed by atoms with van der Waals surface area (Å²) in [7, 11) is 0. The van der Waals surface area contributed by atoms with Crippen LogP contribution in [0.1, 0.15) is 55.4 Å². The van der Waals surface area contributed by atoms with Crippen LogP contribution in [0.15, 0.2) is 22.8 Å². The lowest BCUT2D eigenvalue weighted by Crippen LogP contribution is -2.17. The second kappa shape index (κ2) is 4.82. The Morgan fingerprint density at radius 3 is 1.79 bits per heavy atom. The quantitative estimate of drug-likeness (QED) is 0.556. The van der Waals surface area contributed by atoms with Crippen molar-refractivity contribution < 1.29 is 0 Å². The Morgan fingerprint density at radius 2 is 1.50 bits per heavy atom. The normalized spacial score (nSPS) is 15.9. The maximum Gasteiger partial charge on any atom is 0.00610 e. The van der Waals surface area contributed by atoms with Crippen LogP contribution >= 0.6 is 0 Å². The summed E-state index contributed by atoms with van der Waals surface area (Å²) in [4.78, 5) is 0. The summed E-state index contributed by atoms with van der Waals surface area (Å²) in [6, 6.07) is 0. The van der Waals surface area contributed by atoms with Crippen molar-refractivity contribution in [1.29, 1.82) is 0 Å². The molecule has 0 saturated carbocycles. The zero-order valence-corrected chi connectivity index (χ0v) is 11.2. The molecule has 0 heteroatoms. The van der Waals surface area contributed by atoms with Crippen LogP contribution in [0.25, 0.3) is 0 Å². The molecule has 0 amide bonds. The van der Waals surface area contributed by atoms with Gasteiger partial charge in [0, 0.05) is 5.41 Å². The highest BCUT2D eigenvalue weighted by molar-refractivity contribution is 5.28. The van der Waals surface area contributed by atoms with Crippen LogP contribution in [0, 0.1) is 11.3 Å². The summed E-state index contributed by atoms with van der Waals surface area (Å²) in [5.74, 6) is 0.652. The molecule has 0 fully saturated rings. The van der Waals surface area contributed by atoms with Gasteiger partial charge in [-0.3, -0.25) is 0 Å². The molecule has 0 aromatic rings. The minimum absolute atomic E-state index is 0.211.